The summed E-state index contributed by atoms with van der Waals surface area (Å²) in [5.74, 6) is -0.760. The number of benzene rings is 2. The molecule has 1 heterocycles. The second-order valence-electron chi connectivity index (χ2n) is 7.53. The summed E-state index contributed by atoms with van der Waals surface area (Å²) < 4.78 is 40.8. The van der Waals surface area contributed by atoms with E-state index in [2.05, 4.69) is 5.32 Å². The number of amides is 1. The number of rotatable bonds is 8. The van der Waals surface area contributed by atoms with E-state index in [0.29, 0.717) is 44.6 Å². The van der Waals surface area contributed by atoms with Gasteiger partial charge in [0, 0.05) is 33.2 Å². The molecule has 2 aromatic carbocycles. The molecule has 0 bridgehead atoms. The maximum Gasteiger partial charge on any atom is 0.243 e. The molecule has 2 aromatic rings. The second kappa shape index (κ2) is 10.0. The molecule has 1 aliphatic heterocycles. The summed E-state index contributed by atoms with van der Waals surface area (Å²) in [5.41, 5.74) is 0.526. The fraction of sp³-hybridized carbons (Fsp3) is 0.409. The summed E-state index contributed by atoms with van der Waals surface area (Å²) >= 11 is 0. The Morgan fingerprint density at radius 2 is 1.87 bits per heavy atom. The molecule has 1 fully saturated rings. The van der Waals surface area contributed by atoms with Gasteiger partial charge in [-0.1, -0.05) is 30.3 Å². The van der Waals surface area contributed by atoms with Crippen molar-refractivity contribution in [2.45, 2.75) is 24.2 Å². The van der Waals surface area contributed by atoms with Gasteiger partial charge in [0.1, 0.15) is 5.82 Å². The molecule has 6 nitrogen and oxygen atoms in total. The SMILES string of the molecule is CN(CCCNC(=O)C1CCCN(S(=O)(=O)c2ccccc2)C1)c1ccccc1F. The Morgan fingerprint density at radius 3 is 2.60 bits per heavy atom. The molecule has 1 unspecified atom stereocenters. The van der Waals surface area contributed by atoms with Gasteiger partial charge in [0.2, 0.25) is 15.9 Å². The summed E-state index contributed by atoms with van der Waals surface area (Å²) in [6.07, 6.45) is 1.98. The maximum atomic E-state index is 13.8. The quantitative estimate of drug-likeness (QED) is 0.650. The van der Waals surface area contributed by atoms with Gasteiger partial charge in [0.05, 0.1) is 16.5 Å². The van der Waals surface area contributed by atoms with Crippen LogP contribution in [0.3, 0.4) is 0 Å². The number of hydrogen-bond acceptors (Lipinski definition) is 4. The van der Waals surface area contributed by atoms with E-state index in [1.54, 1.807) is 48.5 Å². The minimum absolute atomic E-state index is 0.128. The first-order valence-corrected chi connectivity index (χ1v) is 11.6. The number of para-hydroxylation sites is 1. The van der Waals surface area contributed by atoms with E-state index in [-0.39, 0.29) is 29.1 Å². The average Bonchev–Trinajstić information content (AvgIpc) is 2.77. The number of carbonyl (C=O) groups is 1. The van der Waals surface area contributed by atoms with Gasteiger partial charge in [0.15, 0.2) is 0 Å². The third-order valence-electron chi connectivity index (χ3n) is 5.37. The first kappa shape index (κ1) is 22.2. The van der Waals surface area contributed by atoms with Crippen molar-refractivity contribution >= 4 is 21.6 Å². The van der Waals surface area contributed by atoms with Crippen LogP contribution in [0.25, 0.3) is 0 Å². The highest BCUT2D eigenvalue weighted by Crippen LogP contribution is 2.24. The monoisotopic (exact) mass is 433 g/mol. The van der Waals surface area contributed by atoms with Gasteiger partial charge < -0.3 is 10.2 Å². The standard InChI is InChI=1S/C22H28FN3O3S/c1-25(21-13-6-5-12-20(21)23)15-8-14-24-22(27)18-9-7-16-26(17-18)30(28,29)19-10-3-2-4-11-19/h2-6,10-13,18H,7-9,14-17H2,1H3,(H,24,27). The van der Waals surface area contributed by atoms with E-state index < -0.39 is 10.0 Å². The number of carbonyl (C=O) groups excluding carboxylic acids is 1. The van der Waals surface area contributed by atoms with E-state index in [1.165, 1.54) is 10.4 Å². The number of halogens is 1. The molecule has 1 atom stereocenters. The first-order chi connectivity index (χ1) is 14.4. The Labute approximate surface area is 177 Å². The summed E-state index contributed by atoms with van der Waals surface area (Å²) in [5, 5.41) is 2.90. The van der Waals surface area contributed by atoms with Crippen molar-refractivity contribution in [3.05, 3.63) is 60.4 Å². The molecular formula is C22H28FN3O3S. The second-order valence-corrected chi connectivity index (χ2v) is 9.47. The summed E-state index contributed by atoms with van der Waals surface area (Å²) in [4.78, 5) is 14.6. The van der Waals surface area contributed by atoms with Gasteiger partial charge in [-0.15, -0.1) is 0 Å². The minimum atomic E-state index is -3.59. The molecule has 1 saturated heterocycles. The van der Waals surface area contributed by atoms with Crippen LogP contribution in [0.1, 0.15) is 19.3 Å². The predicted octanol–water partition coefficient (Wildman–Crippen LogP) is 2.87. The van der Waals surface area contributed by atoms with E-state index in [9.17, 15) is 17.6 Å². The highest BCUT2D eigenvalue weighted by molar-refractivity contribution is 7.89. The molecule has 0 aromatic heterocycles. The molecule has 8 heteroatoms. The number of sulfonamides is 1. The van der Waals surface area contributed by atoms with Crippen LogP contribution in [0.4, 0.5) is 10.1 Å². The molecule has 0 radical (unpaired) electrons. The third-order valence-corrected chi connectivity index (χ3v) is 7.25. The van der Waals surface area contributed by atoms with Crippen LogP contribution in [-0.4, -0.2) is 51.9 Å². The Morgan fingerprint density at radius 1 is 1.17 bits per heavy atom. The Balaban J connectivity index is 1.48. The molecule has 0 aliphatic carbocycles. The minimum Gasteiger partial charge on any atom is -0.372 e. The summed E-state index contributed by atoms with van der Waals surface area (Å²) in [7, 11) is -1.78. The van der Waals surface area contributed by atoms with Crippen LogP contribution in [0, 0.1) is 11.7 Å². The summed E-state index contributed by atoms with van der Waals surface area (Å²) in [6.45, 7) is 1.67. The molecule has 1 aliphatic rings. The van der Waals surface area contributed by atoms with Crippen molar-refractivity contribution in [2.75, 3.05) is 38.1 Å². The van der Waals surface area contributed by atoms with Crippen LogP contribution in [0.2, 0.25) is 0 Å². The lowest BCUT2D eigenvalue weighted by Crippen LogP contribution is -2.45. The lowest BCUT2D eigenvalue weighted by Gasteiger charge is -2.31. The molecule has 3 rings (SSSR count). The van der Waals surface area contributed by atoms with Crippen molar-refractivity contribution in [1.82, 2.24) is 9.62 Å². The average molecular weight is 434 g/mol. The number of nitrogens with one attached hydrogen (secondary N) is 1. The maximum absolute atomic E-state index is 13.8. The first-order valence-electron chi connectivity index (χ1n) is 10.2. The van der Waals surface area contributed by atoms with Gasteiger partial charge in [0.25, 0.3) is 0 Å². The van der Waals surface area contributed by atoms with Crippen LogP contribution in [0.5, 0.6) is 0 Å². The van der Waals surface area contributed by atoms with Crippen LogP contribution in [0.15, 0.2) is 59.5 Å². The lowest BCUT2D eigenvalue weighted by molar-refractivity contribution is -0.126. The number of piperidine rings is 1. The molecule has 162 valence electrons. The van der Waals surface area contributed by atoms with Crippen LogP contribution in [-0.2, 0) is 14.8 Å². The number of anilines is 1. The van der Waals surface area contributed by atoms with E-state index in [0.717, 1.165) is 0 Å². The normalized spacial score (nSPS) is 17.5. The van der Waals surface area contributed by atoms with Gasteiger partial charge in [-0.05, 0) is 43.5 Å². The molecule has 0 spiro atoms. The highest BCUT2D eigenvalue weighted by atomic mass is 32.2. The topological polar surface area (TPSA) is 69.7 Å². The van der Waals surface area contributed by atoms with Crippen molar-refractivity contribution in [3.63, 3.8) is 0 Å². The number of hydrogen-bond donors (Lipinski definition) is 1. The molecule has 30 heavy (non-hydrogen) atoms. The largest absolute Gasteiger partial charge is 0.372 e. The third kappa shape index (κ3) is 5.37. The van der Waals surface area contributed by atoms with Crippen LogP contribution < -0.4 is 10.2 Å². The van der Waals surface area contributed by atoms with Gasteiger partial charge >= 0.3 is 0 Å². The molecule has 1 amide bonds. The van der Waals surface area contributed by atoms with Crippen LogP contribution >= 0.6 is 0 Å². The van der Waals surface area contributed by atoms with Gasteiger partial charge in [-0.25, -0.2) is 12.8 Å². The Bertz CT molecular complexity index is 953. The molecule has 1 N–H and O–H groups in total. The zero-order chi connectivity index (χ0) is 21.6. The number of nitrogens with zero attached hydrogens (tertiary/aromatic N) is 2. The zero-order valence-corrected chi connectivity index (χ0v) is 17.9. The smallest absolute Gasteiger partial charge is 0.243 e. The van der Waals surface area contributed by atoms with E-state index >= 15 is 0 Å². The van der Waals surface area contributed by atoms with Crippen molar-refractivity contribution in [2.24, 2.45) is 5.92 Å². The van der Waals surface area contributed by atoms with E-state index in [4.69, 9.17) is 0 Å². The van der Waals surface area contributed by atoms with Gasteiger partial charge in [-0.2, -0.15) is 4.31 Å². The lowest BCUT2D eigenvalue weighted by atomic mass is 9.99. The Hall–Kier alpha value is -2.45. The van der Waals surface area contributed by atoms with E-state index in [1.807, 2.05) is 11.9 Å². The molecule has 0 saturated carbocycles. The highest BCUT2D eigenvalue weighted by Gasteiger charge is 2.33. The molecular weight excluding hydrogens is 405 g/mol. The fourth-order valence-corrected chi connectivity index (χ4v) is 5.22. The van der Waals surface area contributed by atoms with Gasteiger partial charge in [-0.3, -0.25) is 4.79 Å². The predicted molar refractivity (Wildman–Crippen MR) is 115 cm³/mol. The van der Waals surface area contributed by atoms with Crippen molar-refractivity contribution in [3.8, 4) is 0 Å². The summed E-state index contributed by atoms with van der Waals surface area (Å²) in [6, 6.07) is 14.9. The van der Waals surface area contributed by atoms with Crippen molar-refractivity contribution < 1.29 is 17.6 Å². The fourth-order valence-electron chi connectivity index (χ4n) is 3.67. The zero-order valence-electron chi connectivity index (χ0n) is 17.1. The van der Waals surface area contributed by atoms with Crippen molar-refractivity contribution in [1.29, 1.82) is 0 Å². The Kier molecular flexibility index (Phi) is 7.44.